The Labute approximate surface area is 192 Å². The highest BCUT2D eigenvalue weighted by Gasteiger charge is 2.32. The Balaban J connectivity index is 1.60. The first kappa shape index (κ1) is 23.7. The van der Waals surface area contributed by atoms with Crippen molar-refractivity contribution in [1.29, 1.82) is 0 Å². The van der Waals surface area contributed by atoms with E-state index in [9.17, 15) is 14.4 Å². The van der Waals surface area contributed by atoms with Crippen LogP contribution in [0.4, 0.5) is 5.69 Å². The van der Waals surface area contributed by atoms with Crippen LogP contribution in [0.5, 0.6) is 5.75 Å². The van der Waals surface area contributed by atoms with E-state index in [1.807, 2.05) is 0 Å². The van der Waals surface area contributed by atoms with Crippen molar-refractivity contribution in [2.45, 2.75) is 32.2 Å². The van der Waals surface area contributed by atoms with Crippen LogP contribution in [0.3, 0.4) is 0 Å². The smallest absolute Gasteiger partial charge is 0.343 e. The predicted molar refractivity (Wildman–Crippen MR) is 125 cm³/mol. The number of ether oxygens (including phenoxy) is 2. The summed E-state index contributed by atoms with van der Waals surface area (Å²) >= 11 is 0. The molecule has 1 amide bonds. The normalized spacial score (nSPS) is 16.2. The molecule has 0 radical (unpaired) electrons. The number of benzene rings is 2. The Morgan fingerprint density at radius 1 is 1.09 bits per heavy atom. The molecule has 1 heterocycles. The molecular formula is C25H27N3O5. The summed E-state index contributed by atoms with van der Waals surface area (Å²) in [5.41, 5.74) is 7.02. The molecule has 172 valence electrons. The van der Waals surface area contributed by atoms with Gasteiger partial charge in [0.25, 0.3) is 0 Å². The monoisotopic (exact) mass is 449 g/mol. The van der Waals surface area contributed by atoms with Crippen molar-refractivity contribution in [3.05, 3.63) is 65.7 Å². The van der Waals surface area contributed by atoms with E-state index < -0.39 is 12.0 Å². The van der Waals surface area contributed by atoms with E-state index in [1.54, 1.807) is 66.4 Å². The van der Waals surface area contributed by atoms with Crippen molar-refractivity contribution in [3.8, 4) is 5.75 Å². The highest BCUT2D eigenvalue weighted by Crippen LogP contribution is 2.20. The molecule has 0 aromatic heterocycles. The van der Waals surface area contributed by atoms with Crippen LogP contribution in [0.15, 0.2) is 59.6 Å². The molecular weight excluding hydrogens is 422 g/mol. The second-order valence-electron chi connectivity index (χ2n) is 7.41. The summed E-state index contributed by atoms with van der Waals surface area (Å²) < 4.78 is 10.5. The molecule has 0 aliphatic carbocycles. The van der Waals surface area contributed by atoms with Gasteiger partial charge in [0, 0.05) is 12.6 Å². The van der Waals surface area contributed by atoms with Crippen LogP contribution >= 0.6 is 0 Å². The van der Waals surface area contributed by atoms with E-state index >= 15 is 0 Å². The number of amides is 1. The zero-order valence-corrected chi connectivity index (χ0v) is 18.5. The van der Waals surface area contributed by atoms with Gasteiger partial charge in [0.2, 0.25) is 5.91 Å². The molecule has 0 spiro atoms. The molecule has 1 saturated heterocycles. The van der Waals surface area contributed by atoms with E-state index in [0.29, 0.717) is 30.0 Å². The Morgan fingerprint density at radius 2 is 1.82 bits per heavy atom. The van der Waals surface area contributed by atoms with Gasteiger partial charge in [0.15, 0.2) is 0 Å². The van der Waals surface area contributed by atoms with E-state index in [4.69, 9.17) is 15.2 Å². The van der Waals surface area contributed by atoms with Crippen molar-refractivity contribution in [2.24, 2.45) is 10.7 Å². The maximum absolute atomic E-state index is 12.7. The minimum atomic E-state index is -0.538. The van der Waals surface area contributed by atoms with Gasteiger partial charge in [0.05, 0.1) is 24.2 Å². The van der Waals surface area contributed by atoms with Gasteiger partial charge in [-0.15, -0.1) is 0 Å². The molecule has 1 aliphatic heterocycles. The van der Waals surface area contributed by atoms with Gasteiger partial charge in [0.1, 0.15) is 11.8 Å². The first-order valence-corrected chi connectivity index (χ1v) is 10.8. The molecule has 33 heavy (non-hydrogen) atoms. The molecule has 2 aromatic carbocycles. The third-order valence-corrected chi connectivity index (χ3v) is 5.18. The average molecular weight is 450 g/mol. The van der Waals surface area contributed by atoms with Crippen molar-refractivity contribution < 1.29 is 23.9 Å². The Hall–Kier alpha value is -3.94. The molecule has 0 saturated carbocycles. The fourth-order valence-corrected chi connectivity index (χ4v) is 3.52. The quantitative estimate of drug-likeness (QED) is 0.228. The van der Waals surface area contributed by atoms with Crippen molar-refractivity contribution in [2.75, 3.05) is 13.2 Å². The number of aliphatic imine (C=N–C) groups is 1. The molecule has 2 aromatic rings. The Morgan fingerprint density at radius 3 is 2.48 bits per heavy atom. The standard InChI is InChI=1S/C25H27N3O5/c1-2-32-25(31)22-5-3-4-16-28(22)23(29)15-8-18-6-9-19(10-7-18)24(30)33-21-13-11-20(12-14-21)27-17-26/h6-15,17,22H,2-5,16H2,1H3,(H2,26,27)/b15-8+. The van der Waals surface area contributed by atoms with Crippen molar-refractivity contribution >= 4 is 35.9 Å². The SMILES string of the molecule is CCOC(=O)C1CCCCN1C(=O)/C=C/c1ccc(C(=O)Oc2ccc(N=CN)cc2)cc1. The van der Waals surface area contributed by atoms with Gasteiger partial charge in [-0.25, -0.2) is 14.6 Å². The van der Waals surface area contributed by atoms with Crippen molar-refractivity contribution in [3.63, 3.8) is 0 Å². The van der Waals surface area contributed by atoms with Crippen molar-refractivity contribution in [1.82, 2.24) is 4.90 Å². The molecule has 3 rings (SSSR count). The summed E-state index contributed by atoms with van der Waals surface area (Å²) in [6, 6.07) is 12.8. The van der Waals surface area contributed by atoms with Gasteiger partial charge in [-0.3, -0.25) is 4.79 Å². The summed E-state index contributed by atoms with van der Waals surface area (Å²) in [4.78, 5) is 42.7. The van der Waals surface area contributed by atoms with Crippen LogP contribution < -0.4 is 10.5 Å². The van der Waals surface area contributed by atoms with Gasteiger partial charge in [-0.2, -0.15) is 0 Å². The number of rotatable bonds is 7. The number of carbonyl (C=O) groups is 3. The lowest BCUT2D eigenvalue weighted by Gasteiger charge is -2.33. The number of nitrogens with zero attached hydrogens (tertiary/aromatic N) is 2. The lowest BCUT2D eigenvalue weighted by atomic mass is 10.0. The predicted octanol–water partition coefficient (Wildman–Crippen LogP) is 3.48. The fraction of sp³-hybridized carbons (Fsp3) is 0.280. The van der Waals surface area contributed by atoms with Crippen LogP contribution in [-0.2, 0) is 14.3 Å². The number of nitrogens with two attached hydrogens (primary N) is 1. The summed E-state index contributed by atoms with van der Waals surface area (Å²) in [7, 11) is 0. The Bertz CT molecular complexity index is 1030. The van der Waals surface area contributed by atoms with Crippen LogP contribution in [-0.4, -0.2) is 48.3 Å². The number of hydrogen-bond acceptors (Lipinski definition) is 6. The van der Waals surface area contributed by atoms with Gasteiger partial charge in [-0.1, -0.05) is 12.1 Å². The molecule has 1 fully saturated rings. The molecule has 2 N–H and O–H groups in total. The first-order chi connectivity index (χ1) is 16.0. The summed E-state index contributed by atoms with van der Waals surface area (Å²) in [6.45, 7) is 2.56. The molecule has 1 unspecified atom stereocenters. The number of hydrogen-bond donors (Lipinski definition) is 1. The van der Waals surface area contributed by atoms with E-state index in [2.05, 4.69) is 4.99 Å². The largest absolute Gasteiger partial charge is 0.464 e. The maximum Gasteiger partial charge on any atom is 0.343 e. The molecule has 8 nitrogen and oxygen atoms in total. The van der Waals surface area contributed by atoms with Crippen LogP contribution in [0.25, 0.3) is 6.08 Å². The summed E-state index contributed by atoms with van der Waals surface area (Å²) in [5.74, 6) is -0.701. The number of piperidine rings is 1. The highest BCUT2D eigenvalue weighted by molar-refractivity contribution is 5.95. The van der Waals surface area contributed by atoms with E-state index in [1.165, 1.54) is 12.4 Å². The number of carbonyl (C=O) groups excluding carboxylic acids is 3. The van der Waals surface area contributed by atoms with E-state index in [-0.39, 0.29) is 18.5 Å². The van der Waals surface area contributed by atoms with Gasteiger partial charge < -0.3 is 20.1 Å². The Kier molecular flexibility index (Phi) is 8.35. The number of likely N-dealkylation sites (tertiary alicyclic amines) is 1. The first-order valence-electron chi connectivity index (χ1n) is 10.8. The lowest BCUT2D eigenvalue weighted by Crippen LogP contribution is -2.48. The molecule has 0 bridgehead atoms. The van der Waals surface area contributed by atoms with E-state index in [0.717, 1.165) is 18.4 Å². The summed E-state index contributed by atoms with van der Waals surface area (Å²) in [5, 5.41) is 0. The third-order valence-electron chi connectivity index (χ3n) is 5.18. The van der Waals surface area contributed by atoms with Gasteiger partial charge >= 0.3 is 11.9 Å². The average Bonchev–Trinajstić information content (AvgIpc) is 2.84. The molecule has 1 aliphatic rings. The number of esters is 2. The summed E-state index contributed by atoms with van der Waals surface area (Å²) in [6.07, 6.45) is 6.64. The van der Waals surface area contributed by atoms with Gasteiger partial charge in [-0.05, 0) is 74.2 Å². The minimum absolute atomic E-state index is 0.237. The zero-order valence-electron chi connectivity index (χ0n) is 18.5. The third kappa shape index (κ3) is 6.52. The molecule has 8 heteroatoms. The van der Waals surface area contributed by atoms with Crippen LogP contribution in [0.1, 0.15) is 42.1 Å². The molecule has 1 atom stereocenters. The van der Waals surface area contributed by atoms with Crippen LogP contribution in [0.2, 0.25) is 0 Å². The van der Waals surface area contributed by atoms with Crippen LogP contribution in [0, 0.1) is 0 Å². The zero-order chi connectivity index (χ0) is 23.6. The second-order valence-corrected chi connectivity index (χ2v) is 7.41. The minimum Gasteiger partial charge on any atom is -0.464 e. The topological polar surface area (TPSA) is 111 Å². The maximum atomic E-state index is 12.7. The highest BCUT2D eigenvalue weighted by atomic mass is 16.5. The fourth-order valence-electron chi connectivity index (χ4n) is 3.52. The lowest BCUT2D eigenvalue weighted by molar-refractivity contribution is -0.155. The second kappa shape index (κ2) is 11.6.